The van der Waals surface area contributed by atoms with E-state index < -0.39 is 0 Å². The third kappa shape index (κ3) is 6.15. The highest BCUT2D eigenvalue weighted by Gasteiger charge is 2.17. The van der Waals surface area contributed by atoms with E-state index in [9.17, 15) is 9.59 Å². The molecule has 1 saturated heterocycles. The van der Waals surface area contributed by atoms with E-state index in [2.05, 4.69) is 39.9 Å². The summed E-state index contributed by atoms with van der Waals surface area (Å²) < 4.78 is 0. The number of piperidine rings is 1. The van der Waals surface area contributed by atoms with Crippen molar-refractivity contribution in [2.45, 2.75) is 57.9 Å². The van der Waals surface area contributed by atoms with Crippen molar-refractivity contribution in [1.82, 2.24) is 10.6 Å². The fourth-order valence-electron chi connectivity index (χ4n) is 3.87. The van der Waals surface area contributed by atoms with Crippen molar-refractivity contribution >= 4 is 23.3 Å². The van der Waals surface area contributed by atoms with Crippen LogP contribution in [0.2, 0.25) is 0 Å². The predicted molar refractivity (Wildman–Crippen MR) is 109 cm³/mol. The Morgan fingerprint density at radius 3 is 2.33 bits per heavy atom. The highest BCUT2D eigenvalue weighted by molar-refractivity contribution is 5.94. The lowest BCUT2D eigenvalue weighted by Gasteiger charge is -2.32. The minimum Gasteiger partial charge on any atom is -0.372 e. The minimum absolute atomic E-state index is 0.0235. The van der Waals surface area contributed by atoms with Gasteiger partial charge in [0.05, 0.1) is 6.54 Å². The molecule has 0 atom stereocenters. The zero-order valence-corrected chi connectivity index (χ0v) is 16.3. The molecule has 1 heterocycles. The maximum absolute atomic E-state index is 12.1. The van der Waals surface area contributed by atoms with E-state index >= 15 is 0 Å². The molecule has 6 heteroatoms. The predicted octanol–water partition coefficient (Wildman–Crippen LogP) is 3.49. The van der Waals surface area contributed by atoms with Crippen LogP contribution in [0.1, 0.15) is 51.9 Å². The molecule has 2 fully saturated rings. The first-order chi connectivity index (χ1) is 13.1. The molecule has 1 aliphatic carbocycles. The van der Waals surface area contributed by atoms with Crippen LogP contribution in [0.4, 0.5) is 16.2 Å². The highest BCUT2D eigenvalue weighted by Crippen LogP contribution is 2.24. The maximum Gasteiger partial charge on any atom is 0.315 e. The number of hydrogen-bond acceptors (Lipinski definition) is 3. The molecule has 3 rings (SSSR count). The molecule has 6 nitrogen and oxygen atoms in total. The lowest BCUT2D eigenvalue weighted by molar-refractivity contribution is -0.115. The Balaban J connectivity index is 1.39. The zero-order valence-electron chi connectivity index (χ0n) is 16.3. The lowest BCUT2D eigenvalue weighted by atomic mass is 9.96. The van der Waals surface area contributed by atoms with Gasteiger partial charge in [0, 0.05) is 30.5 Å². The molecule has 27 heavy (non-hydrogen) atoms. The van der Waals surface area contributed by atoms with Crippen LogP contribution < -0.4 is 20.9 Å². The molecular weight excluding hydrogens is 340 g/mol. The van der Waals surface area contributed by atoms with Crippen molar-refractivity contribution in [3.05, 3.63) is 24.3 Å². The van der Waals surface area contributed by atoms with Gasteiger partial charge in [-0.05, 0) is 55.9 Å². The van der Waals surface area contributed by atoms with Crippen LogP contribution in [0.3, 0.4) is 0 Å². The molecular formula is C21H32N4O2. The fraction of sp³-hybridized carbons (Fsp3) is 0.619. The number of carbonyl (C=O) groups is 2. The molecule has 0 spiro atoms. The van der Waals surface area contributed by atoms with Gasteiger partial charge in [-0.2, -0.15) is 0 Å². The first-order valence-electron chi connectivity index (χ1n) is 10.3. The summed E-state index contributed by atoms with van der Waals surface area (Å²) in [5.41, 5.74) is 1.95. The van der Waals surface area contributed by atoms with Gasteiger partial charge in [-0.3, -0.25) is 4.79 Å². The summed E-state index contributed by atoms with van der Waals surface area (Å²) in [7, 11) is 0. The second kappa shape index (κ2) is 9.62. The third-order valence-corrected chi connectivity index (χ3v) is 5.65. The second-order valence-corrected chi connectivity index (χ2v) is 7.93. The van der Waals surface area contributed by atoms with E-state index in [1.165, 1.54) is 24.9 Å². The van der Waals surface area contributed by atoms with Gasteiger partial charge < -0.3 is 20.9 Å². The SMILES string of the molecule is CC1CCN(c2ccc(NC(=O)CNC(=O)NC3CCCCC3)cc2)CC1. The molecule has 2 aliphatic rings. The minimum atomic E-state index is -0.258. The number of carbonyl (C=O) groups excluding carboxylic acids is 2. The van der Waals surface area contributed by atoms with Gasteiger partial charge in [0.15, 0.2) is 0 Å². The average Bonchev–Trinajstić information content (AvgIpc) is 2.68. The molecule has 1 aromatic rings. The number of rotatable bonds is 5. The Kier molecular flexibility index (Phi) is 6.96. The molecule has 0 aromatic heterocycles. The Morgan fingerprint density at radius 2 is 1.67 bits per heavy atom. The number of amides is 3. The molecule has 148 valence electrons. The van der Waals surface area contributed by atoms with Crippen molar-refractivity contribution in [3.8, 4) is 0 Å². The molecule has 0 radical (unpaired) electrons. The van der Waals surface area contributed by atoms with Crippen molar-refractivity contribution < 1.29 is 9.59 Å². The van der Waals surface area contributed by atoms with E-state index in [-0.39, 0.29) is 24.5 Å². The Bertz CT molecular complexity index is 618. The van der Waals surface area contributed by atoms with Crippen molar-refractivity contribution in [3.63, 3.8) is 0 Å². The molecule has 3 amide bonds. The maximum atomic E-state index is 12.1. The zero-order chi connectivity index (χ0) is 19.1. The van der Waals surface area contributed by atoms with Gasteiger partial charge >= 0.3 is 6.03 Å². The van der Waals surface area contributed by atoms with Crippen LogP contribution in [0, 0.1) is 5.92 Å². The number of nitrogens with zero attached hydrogens (tertiary/aromatic N) is 1. The summed E-state index contributed by atoms with van der Waals surface area (Å²) in [5.74, 6) is 0.593. The summed E-state index contributed by atoms with van der Waals surface area (Å²) in [6.07, 6.45) is 8.09. The third-order valence-electron chi connectivity index (χ3n) is 5.65. The normalized spacial score (nSPS) is 18.8. The Morgan fingerprint density at radius 1 is 1.00 bits per heavy atom. The van der Waals surface area contributed by atoms with Gasteiger partial charge in [-0.25, -0.2) is 4.79 Å². The molecule has 1 aromatic carbocycles. The summed E-state index contributed by atoms with van der Waals surface area (Å²) in [6.45, 7) is 4.46. The summed E-state index contributed by atoms with van der Waals surface area (Å²) in [5, 5.41) is 8.43. The lowest BCUT2D eigenvalue weighted by Crippen LogP contribution is -2.45. The van der Waals surface area contributed by atoms with Gasteiger partial charge in [-0.1, -0.05) is 26.2 Å². The average molecular weight is 373 g/mol. The van der Waals surface area contributed by atoms with Crippen LogP contribution in [0.5, 0.6) is 0 Å². The van der Waals surface area contributed by atoms with E-state index in [0.717, 1.165) is 50.4 Å². The van der Waals surface area contributed by atoms with Crippen molar-refractivity contribution in [1.29, 1.82) is 0 Å². The van der Waals surface area contributed by atoms with E-state index in [4.69, 9.17) is 0 Å². The van der Waals surface area contributed by atoms with Crippen LogP contribution in [0.15, 0.2) is 24.3 Å². The standard InChI is InChI=1S/C21H32N4O2/c1-16-11-13-25(14-12-16)19-9-7-18(8-10-19)23-20(26)15-22-21(27)24-17-5-3-2-4-6-17/h7-10,16-17H,2-6,11-15H2,1H3,(H,23,26)(H2,22,24,27). The number of urea groups is 1. The Hall–Kier alpha value is -2.24. The number of anilines is 2. The first-order valence-corrected chi connectivity index (χ1v) is 10.3. The van der Waals surface area contributed by atoms with Crippen LogP contribution in [0.25, 0.3) is 0 Å². The summed E-state index contributed by atoms with van der Waals surface area (Å²) >= 11 is 0. The first kappa shape index (κ1) is 19.5. The second-order valence-electron chi connectivity index (χ2n) is 7.93. The Labute approximate surface area is 162 Å². The molecule has 0 unspecified atom stereocenters. The molecule has 0 bridgehead atoms. The van der Waals surface area contributed by atoms with Crippen molar-refractivity contribution in [2.75, 3.05) is 29.9 Å². The molecule has 1 saturated carbocycles. The van der Waals surface area contributed by atoms with Gasteiger partial charge in [-0.15, -0.1) is 0 Å². The van der Waals surface area contributed by atoms with Gasteiger partial charge in [0.1, 0.15) is 0 Å². The number of benzene rings is 1. The summed E-state index contributed by atoms with van der Waals surface area (Å²) in [6, 6.07) is 7.93. The summed E-state index contributed by atoms with van der Waals surface area (Å²) in [4.78, 5) is 26.4. The molecule has 1 aliphatic heterocycles. The van der Waals surface area contributed by atoms with Crippen molar-refractivity contribution in [2.24, 2.45) is 5.92 Å². The van der Waals surface area contributed by atoms with Gasteiger partial charge in [0.2, 0.25) is 5.91 Å². The van der Waals surface area contributed by atoms with Crippen LogP contribution in [-0.2, 0) is 4.79 Å². The van der Waals surface area contributed by atoms with Crippen LogP contribution >= 0.6 is 0 Å². The molecule has 3 N–H and O–H groups in total. The van der Waals surface area contributed by atoms with Gasteiger partial charge in [0.25, 0.3) is 0 Å². The number of hydrogen-bond donors (Lipinski definition) is 3. The number of nitrogens with one attached hydrogen (secondary N) is 3. The van der Waals surface area contributed by atoms with E-state index in [0.29, 0.717) is 0 Å². The van der Waals surface area contributed by atoms with E-state index in [1.807, 2.05) is 12.1 Å². The topological polar surface area (TPSA) is 73.5 Å². The largest absolute Gasteiger partial charge is 0.372 e. The smallest absolute Gasteiger partial charge is 0.315 e. The van der Waals surface area contributed by atoms with E-state index in [1.54, 1.807) is 0 Å². The fourth-order valence-corrected chi connectivity index (χ4v) is 3.87. The quantitative estimate of drug-likeness (QED) is 0.741. The monoisotopic (exact) mass is 372 g/mol. The highest BCUT2D eigenvalue weighted by atomic mass is 16.2. The van der Waals surface area contributed by atoms with Crippen LogP contribution in [-0.4, -0.2) is 37.6 Å².